The van der Waals surface area contributed by atoms with Crippen LogP contribution in [0.1, 0.15) is 13.8 Å². The van der Waals surface area contributed by atoms with Crippen LogP contribution >= 0.6 is 15.9 Å². The molecule has 0 spiro atoms. The van der Waals surface area contributed by atoms with Crippen LogP contribution in [0.3, 0.4) is 0 Å². The smallest absolute Gasteiger partial charge is 0.163 e. The van der Waals surface area contributed by atoms with Gasteiger partial charge in [0.15, 0.2) is 5.79 Å². The zero-order valence-electron chi connectivity index (χ0n) is 11.5. The van der Waals surface area contributed by atoms with Gasteiger partial charge in [0.25, 0.3) is 0 Å². The second-order valence-corrected chi connectivity index (χ2v) is 6.19. The van der Waals surface area contributed by atoms with Crippen LogP contribution in [0.5, 0.6) is 0 Å². The minimum Gasteiger partial charge on any atom is -0.348 e. The van der Waals surface area contributed by atoms with Gasteiger partial charge in [0.05, 0.1) is 13.2 Å². The monoisotopic (exact) mass is 336 g/mol. The van der Waals surface area contributed by atoms with E-state index in [9.17, 15) is 0 Å². The highest BCUT2D eigenvalue weighted by molar-refractivity contribution is 9.10. The third-order valence-electron chi connectivity index (χ3n) is 3.30. The number of aromatic nitrogens is 2. The molecule has 1 aromatic heterocycles. The maximum absolute atomic E-state index is 5.86. The van der Waals surface area contributed by atoms with Gasteiger partial charge in [-0.05, 0) is 19.9 Å². The third-order valence-corrected chi connectivity index (χ3v) is 3.99. The van der Waals surface area contributed by atoms with Gasteiger partial charge < -0.3 is 14.0 Å². The Bertz CT molecular complexity index is 609. The van der Waals surface area contributed by atoms with Crippen LogP contribution in [0, 0.1) is 0 Å². The molecule has 2 heterocycles. The molecule has 20 heavy (non-hydrogen) atoms. The maximum Gasteiger partial charge on any atom is 0.163 e. The van der Waals surface area contributed by atoms with Crippen LogP contribution < -0.4 is 0 Å². The maximum atomic E-state index is 5.86. The van der Waals surface area contributed by atoms with Crippen molar-refractivity contribution >= 4 is 15.9 Å². The molecule has 5 heteroatoms. The average Bonchev–Trinajstić information content (AvgIpc) is 2.97. The molecule has 4 nitrogen and oxygen atoms in total. The Hall–Kier alpha value is -1.17. The van der Waals surface area contributed by atoms with E-state index < -0.39 is 5.79 Å². The molecule has 1 fully saturated rings. The molecule has 0 amide bonds. The van der Waals surface area contributed by atoms with Crippen LogP contribution in [0.4, 0.5) is 0 Å². The second-order valence-electron chi connectivity index (χ2n) is 5.33. The van der Waals surface area contributed by atoms with E-state index >= 15 is 0 Å². The number of hydrogen-bond donors (Lipinski definition) is 0. The van der Waals surface area contributed by atoms with E-state index in [1.165, 1.54) is 0 Å². The molecule has 1 atom stereocenters. The fourth-order valence-electron chi connectivity index (χ4n) is 2.42. The largest absolute Gasteiger partial charge is 0.348 e. The van der Waals surface area contributed by atoms with Crippen molar-refractivity contribution in [3.8, 4) is 11.4 Å². The molecule has 0 N–H and O–H groups in total. The Morgan fingerprint density at radius 2 is 2.20 bits per heavy atom. The van der Waals surface area contributed by atoms with Crippen LogP contribution in [0.15, 0.2) is 41.1 Å². The van der Waals surface area contributed by atoms with Gasteiger partial charge in [-0.3, -0.25) is 0 Å². The summed E-state index contributed by atoms with van der Waals surface area (Å²) in [6, 6.07) is 8.08. The number of hydrogen-bond acceptors (Lipinski definition) is 3. The van der Waals surface area contributed by atoms with Crippen molar-refractivity contribution in [2.45, 2.75) is 32.3 Å². The lowest BCUT2D eigenvalue weighted by molar-refractivity contribution is -0.139. The van der Waals surface area contributed by atoms with Crippen molar-refractivity contribution < 1.29 is 9.47 Å². The summed E-state index contributed by atoms with van der Waals surface area (Å²) in [4.78, 5) is 4.46. The van der Waals surface area contributed by atoms with E-state index in [0.29, 0.717) is 6.61 Å². The first-order chi connectivity index (χ1) is 9.55. The van der Waals surface area contributed by atoms with Gasteiger partial charge in [-0.2, -0.15) is 0 Å². The van der Waals surface area contributed by atoms with Crippen molar-refractivity contribution in [2.75, 3.05) is 6.61 Å². The standard InChI is InChI=1S/C15H17BrN2O2/c1-15(2)19-10-11(20-15)9-18-8-7-17-14(18)12-5-3-4-6-13(12)16/h3-8,11H,9-10H2,1-2H3. The highest BCUT2D eigenvalue weighted by Gasteiger charge is 2.33. The van der Waals surface area contributed by atoms with Crippen LogP contribution in [-0.4, -0.2) is 28.0 Å². The first-order valence-corrected chi connectivity index (χ1v) is 7.42. The molecule has 0 aliphatic carbocycles. The summed E-state index contributed by atoms with van der Waals surface area (Å²) in [5, 5.41) is 0. The fraction of sp³-hybridized carbons (Fsp3) is 0.400. The predicted octanol–water partition coefficient (Wildman–Crippen LogP) is 3.46. The molecule has 1 aliphatic rings. The number of ether oxygens (including phenoxy) is 2. The Balaban J connectivity index is 1.83. The van der Waals surface area contributed by atoms with E-state index in [-0.39, 0.29) is 6.10 Å². The summed E-state index contributed by atoms with van der Waals surface area (Å²) in [6.07, 6.45) is 3.85. The third kappa shape index (κ3) is 2.80. The number of nitrogens with zero attached hydrogens (tertiary/aromatic N) is 2. The van der Waals surface area contributed by atoms with E-state index in [1.807, 2.05) is 44.4 Å². The SMILES string of the molecule is CC1(C)OCC(Cn2ccnc2-c2ccccc2Br)O1. The number of benzene rings is 1. The highest BCUT2D eigenvalue weighted by atomic mass is 79.9. The molecule has 1 saturated heterocycles. The molecule has 1 aromatic carbocycles. The molecule has 2 aromatic rings. The van der Waals surface area contributed by atoms with Gasteiger partial charge in [-0.1, -0.05) is 34.1 Å². The zero-order chi connectivity index (χ0) is 14.2. The summed E-state index contributed by atoms with van der Waals surface area (Å²) in [6.45, 7) is 5.23. The van der Waals surface area contributed by atoms with Crippen molar-refractivity contribution in [2.24, 2.45) is 0 Å². The van der Waals surface area contributed by atoms with Crippen molar-refractivity contribution in [1.82, 2.24) is 9.55 Å². The topological polar surface area (TPSA) is 36.3 Å². The van der Waals surface area contributed by atoms with Crippen LogP contribution in [-0.2, 0) is 16.0 Å². The molecule has 0 bridgehead atoms. The summed E-state index contributed by atoms with van der Waals surface area (Å²) >= 11 is 3.57. The Morgan fingerprint density at radius 1 is 1.40 bits per heavy atom. The van der Waals surface area contributed by atoms with Crippen molar-refractivity contribution in [3.63, 3.8) is 0 Å². The lowest BCUT2D eigenvalue weighted by Gasteiger charge is -2.18. The summed E-state index contributed by atoms with van der Waals surface area (Å²) in [5.41, 5.74) is 1.08. The predicted molar refractivity (Wildman–Crippen MR) is 80.3 cm³/mol. The average molecular weight is 337 g/mol. The molecule has 1 unspecified atom stereocenters. The molecular formula is C15H17BrN2O2. The molecule has 0 radical (unpaired) electrons. The summed E-state index contributed by atoms with van der Waals surface area (Å²) in [5.74, 6) is 0.449. The molecule has 3 rings (SSSR count). The number of imidazole rings is 1. The fourth-order valence-corrected chi connectivity index (χ4v) is 2.88. The van der Waals surface area contributed by atoms with Gasteiger partial charge in [0, 0.05) is 22.4 Å². The minimum atomic E-state index is -0.487. The van der Waals surface area contributed by atoms with Crippen LogP contribution in [0.25, 0.3) is 11.4 Å². The zero-order valence-corrected chi connectivity index (χ0v) is 13.1. The Morgan fingerprint density at radius 3 is 2.90 bits per heavy atom. The first kappa shape index (κ1) is 13.8. The first-order valence-electron chi connectivity index (χ1n) is 6.63. The molecule has 0 saturated carbocycles. The van der Waals surface area contributed by atoms with E-state index in [1.54, 1.807) is 0 Å². The highest BCUT2D eigenvalue weighted by Crippen LogP contribution is 2.28. The minimum absolute atomic E-state index is 0.0560. The summed E-state index contributed by atoms with van der Waals surface area (Å²) < 4.78 is 14.6. The van der Waals surface area contributed by atoms with Gasteiger partial charge in [-0.15, -0.1) is 0 Å². The Kier molecular flexibility index (Phi) is 3.67. The summed E-state index contributed by atoms with van der Waals surface area (Å²) in [7, 11) is 0. The Labute approximate surface area is 126 Å². The molecule has 1 aliphatic heterocycles. The van der Waals surface area contributed by atoms with Crippen LogP contribution in [0.2, 0.25) is 0 Å². The number of halogens is 1. The van der Waals surface area contributed by atoms with Crippen molar-refractivity contribution in [3.05, 3.63) is 41.1 Å². The quantitative estimate of drug-likeness (QED) is 0.861. The van der Waals surface area contributed by atoms with Gasteiger partial charge in [0.2, 0.25) is 0 Å². The van der Waals surface area contributed by atoms with Gasteiger partial charge >= 0.3 is 0 Å². The van der Waals surface area contributed by atoms with Gasteiger partial charge in [-0.25, -0.2) is 4.98 Å². The molecule has 106 valence electrons. The molecular weight excluding hydrogens is 320 g/mol. The van der Waals surface area contributed by atoms with Gasteiger partial charge in [0.1, 0.15) is 11.9 Å². The number of rotatable bonds is 3. The van der Waals surface area contributed by atoms with E-state index in [0.717, 1.165) is 22.4 Å². The normalized spacial score (nSPS) is 21.2. The lowest BCUT2D eigenvalue weighted by Crippen LogP contribution is -2.24. The second kappa shape index (κ2) is 5.31. The van der Waals surface area contributed by atoms with E-state index in [2.05, 4.69) is 31.5 Å². The van der Waals surface area contributed by atoms with Crippen molar-refractivity contribution in [1.29, 1.82) is 0 Å². The lowest BCUT2D eigenvalue weighted by atomic mass is 10.2. The van der Waals surface area contributed by atoms with E-state index in [4.69, 9.17) is 9.47 Å².